The van der Waals surface area contributed by atoms with E-state index in [2.05, 4.69) is 10.3 Å². The first-order chi connectivity index (χ1) is 12.2. The Balaban J connectivity index is 1.75. The Morgan fingerprint density at radius 2 is 1.72 bits per heavy atom. The lowest BCUT2D eigenvalue weighted by Gasteiger charge is -2.10. The molecule has 0 unspecified atom stereocenters. The Labute approximate surface area is 149 Å². The summed E-state index contributed by atoms with van der Waals surface area (Å²) in [4.78, 5) is 17.2. The molecule has 1 amide bonds. The van der Waals surface area contributed by atoms with E-state index < -0.39 is 0 Å². The zero-order valence-electron chi connectivity index (χ0n) is 13.3. The normalized spacial score (nSPS) is 10.7. The summed E-state index contributed by atoms with van der Waals surface area (Å²) in [6, 6.07) is 22.5. The number of benzene rings is 3. The van der Waals surface area contributed by atoms with Gasteiger partial charge in [-0.3, -0.25) is 4.79 Å². The molecule has 0 atom stereocenters. The van der Waals surface area contributed by atoms with Gasteiger partial charge in [0.05, 0.1) is 15.9 Å². The SMILES string of the molecule is Nc1ccc(NC(=O)c2ccccc2)c(-c2nc3ccccc3s2)c1. The summed E-state index contributed by atoms with van der Waals surface area (Å²) in [5, 5.41) is 3.80. The first-order valence-corrected chi connectivity index (χ1v) is 8.64. The molecule has 1 heterocycles. The highest BCUT2D eigenvalue weighted by Gasteiger charge is 2.14. The second-order valence-electron chi connectivity index (χ2n) is 5.61. The number of carbonyl (C=O) groups is 1. The van der Waals surface area contributed by atoms with E-state index >= 15 is 0 Å². The monoisotopic (exact) mass is 345 g/mol. The lowest BCUT2D eigenvalue weighted by atomic mass is 10.1. The topological polar surface area (TPSA) is 68.0 Å². The maximum atomic E-state index is 12.5. The molecule has 0 aliphatic rings. The van der Waals surface area contributed by atoms with Crippen LogP contribution in [0.15, 0.2) is 72.8 Å². The average molecular weight is 345 g/mol. The number of thiazole rings is 1. The van der Waals surface area contributed by atoms with E-state index in [1.807, 2.05) is 54.6 Å². The molecule has 25 heavy (non-hydrogen) atoms. The molecule has 0 radical (unpaired) electrons. The smallest absolute Gasteiger partial charge is 0.255 e. The van der Waals surface area contributed by atoms with Crippen LogP contribution >= 0.6 is 11.3 Å². The second-order valence-corrected chi connectivity index (χ2v) is 6.64. The minimum absolute atomic E-state index is 0.160. The standard InChI is InChI=1S/C20H15N3OS/c21-14-10-11-16(22-19(24)13-6-2-1-3-7-13)15(12-14)20-23-17-8-4-5-9-18(17)25-20/h1-12H,21H2,(H,22,24). The highest BCUT2D eigenvalue weighted by molar-refractivity contribution is 7.21. The van der Waals surface area contributed by atoms with E-state index in [1.54, 1.807) is 29.5 Å². The Hall–Kier alpha value is -3.18. The van der Waals surface area contributed by atoms with E-state index in [-0.39, 0.29) is 5.91 Å². The molecule has 4 nitrogen and oxygen atoms in total. The quantitative estimate of drug-likeness (QED) is 0.524. The summed E-state index contributed by atoms with van der Waals surface area (Å²) in [7, 11) is 0. The van der Waals surface area contributed by atoms with Crippen molar-refractivity contribution in [2.75, 3.05) is 11.1 Å². The van der Waals surface area contributed by atoms with Crippen molar-refractivity contribution >= 4 is 38.8 Å². The minimum atomic E-state index is -0.160. The van der Waals surface area contributed by atoms with Gasteiger partial charge in [0.1, 0.15) is 5.01 Å². The van der Waals surface area contributed by atoms with Crippen molar-refractivity contribution in [3.63, 3.8) is 0 Å². The van der Waals surface area contributed by atoms with Crippen LogP contribution < -0.4 is 11.1 Å². The van der Waals surface area contributed by atoms with Gasteiger partial charge in [0.15, 0.2) is 0 Å². The third-order valence-corrected chi connectivity index (χ3v) is 4.92. The van der Waals surface area contributed by atoms with E-state index in [0.29, 0.717) is 16.9 Å². The van der Waals surface area contributed by atoms with E-state index in [9.17, 15) is 4.79 Å². The number of hydrogen-bond donors (Lipinski definition) is 2. The molecule has 4 aromatic rings. The maximum absolute atomic E-state index is 12.5. The summed E-state index contributed by atoms with van der Waals surface area (Å²) in [6.45, 7) is 0. The first-order valence-electron chi connectivity index (χ1n) is 7.82. The summed E-state index contributed by atoms with van der Waals surface area (Å²) in [5.74, 6) is -0.160. The predicted octanol–water partition coefficient (Wildman–Crippen LogP) is 4.80. The third-order valence-electron chi connectivity index (χ3n) is 3.85. The van der Waals surface area contributed by atoms with Crippen molar-refractivity contribution in [1.29, 1.82) is 0 Å². The van der Waals surface area contributed by atoms with Crippen LogP contribution in [0.2, 0.25) is 0 Å². The zero-order chi connectivity index (χ0) is 17.2. The molecule has 4 rings (SSSR count). The van der Waals surface area contributed by atoms with Gasteiger partial charge in [0.2, 0.25) is 0 Å². The fourth-order valence-electron chi connectivity index (χ4n) is 2.62. The summed E-state index contributed by atoms with van der Waals surface area (Å²) < 4.78 is 1.10. The number of nitrogens with zero attached hydrogens (tertiary/aromatic N) is 1. The Morgan fingerprint density at radius 1 is 0.960 bits per heavy atom. The molecular weight excluding hydrogens is 330 g/mol. The molecule has 3 N–H and O–H groups in total. The van der Waals surface area contributed by atoms with Crippen LogP contribution in [0, 0.1) is 0 Å². The Kier molecular flexibility index (Phi) is 3.91. The highest BCUT2D eigenvalue weighted by atomic mass is 32.1. The van der Waals surface area contributed by atoms with Gasteiger partial charge in [0.25, 0.3) is 5.91 Å². The molecular formula is C20H15N3OS. The zero-order valence-corrected chi connectivity index (χ0v) is 14.1. The van der Waals surface area contributed by atoms with Gasteiger partial charge in [-0.05, 0) is 42.5 Å². The summed E-state index contributed by atoms with van der Waals surface area (Å²) in [5.41, 5.74) is 9.66. The number of para-hydroxylation sites is 1. The molecule has 3 aromatic carbocycles. The third kappa shape index (κ3) is 3.09. The van der Waals surface area contributed by atoms with Crippen LogP contribution in [0.5, 0.6) is 0 Å². The number of carbonyl (C=O) groups excluding carboxylic acids is 1. The number of amides is 1. The number of hydrogen-bond acceptors (Lipinski definition) is 4. The Morgan fingerprint density at radius 3 is 2.52 bits per heavy atom. The van der Waals surface area contributed by atoms with E-state index in [1.165, 1.54) is 0 Å². The van der Waals surface area contributed by atoms with Gasteiger partial charge in [0, 0.05) is 16.8 Å². The molecule has 0 bridgehead atoms. The number of nitrogen functional groups attached to an aromatic ring is 1. The van der Waals surface area contributed by atoms with Crippen molar-refractivity contribution in [3.05, 3.63) is 78.4 Å². The number of nitrogens with two attached hydrogens (primary N) is 1. The van der Waals surface area contributed by atoms with Crippen LogP contribution in [0.1, 0.15) is 10.4 Å². The molecule has 1 aromatic heterocycles. The lowest BCUT2D eigenvalue weighted by Crippen LogP contribution is -2.12. The van der Waals surface area contributed by atoms with Crippen LogP contribution in [0.4, 0.5) is 11.4 Å². The van der Waals surface area contributed by atoms with Gasteiger partial charge in [-0.15, -0.1) is 11.3 Å². The van der Waals surface area contributed by atoms with Crippen molar-refractivity contribution in [2.24, 2.45) is 0 Å². The number of aromatic nitrogens is 1. The number of rotatable bonds is 3. The van der Waals surface area contributed by atoms with Crippen LogP contribution in [0.25, 0.3) is 20.8 Å². The maximum Gasteiger partial charge on any atom is 0.255 e. The van der Waals surface area contributed by atoms with Crippen molar-refractivity contribution in [1.82, 2.24) is 4.98 Å². The largest absolute Gasteiger partial charge is 0.399 e. The molecule has 122 valence electrons. The van der Waals surface area contributed by atoms with Crippen molar-refractivity contribution in [2.45, 2.75) is 0 Å². The van der Waals surface area contributed by atoms with Gasteiger partial charge in [-0.2, -0.15) is 0 Å². The number of fused-ring (bicyclic) bond motifs is 1. The second kappa shape index (κ2) is 6.37. The molecule has 0 aliphatic heterocycles. The molecule has 0 spiro atoms. The first kappa shape index (κ1) is 15.4. The number of nitrogens with one attached hydrogen (secondary N) is 1. The summed E-state index contributed by atoms with van der Waals surface area (Å²) in [6.07, 6.45) is 0. The fraction of sp³-hybridized carbons (Fsp3) is 0. The van der Waals surface area contributed by atoms with Crippen molar-refractivity contribution < 1.29 is 4.79 Å². The Bertz CT molecular complexity index is 1020. The van der Waals surface area contributed by atoms with Gasteiger partial charge >= 0.3 is 0 Å². The molecule has 5 heteroatoms. The molecule has 0 saturated heterocycles. The predicted molar refractivity (Wildman–Crippen MR) is 104 cm³/mol. The lowest BCUT2D eigenvalue weighted by molar-refractivity contribution is 0.102. The minimum Gasteiger partial charge on any atom is -0.399 e. The number of anilines is 2. The highest BCUT2D eigenvalue weighted by Crippen LogP contribution is 2.35. The van der Waals surface area contributed by atoms with Crippen molar-refractivity contribution in [3.8, 4) is 10.6 Å². The molecule has 0 saturated carbocycles. The van der Waals surface area contributed by atoms with E-state index in [0.717, 1.165) is 20.8 Å². The van der Waals surface area contributed by atoms with Crippen LogP contribution in [-0.2, 0) is 0 Å². The van der Waals surface area contributed by atoms with Crippen LogP contribution in [0.3, 0.4) is 0 Å². The van der Waals surface area contributed by atoms with E-state index in [4.69, 9.17) is 5.73 Å². The fourth-order valence-corrected chi connectivity index (χ4v) is 3.62. The molecule has 0 fully saturated rings. The summed E-state index contributed by atoms with van der Waals surface area (Å²) >= 11 is 1.58. The molecule has 0 aliphatic carbocycles. The van der Waals surface area contributed by atoms with Gasteiger partial charge in [-0.1, -0.05) is 30.3 Å². The van der Waals surface area contributed by atoms with Gasteiger partial charge in [-0.25, -0.2) is 4.98 Å². The van der Waals surface area contributed by atoms with Crippen LogP contribution in [-0.4, -0.2) is 10.9 Å². The van der Waals surface area contributed by atoms with Gasteiger partial charge < -0.3 is 11.1 Å². The average Bonchev–Trinajstić information content (AvgIpc) is 3.08.